The molecule has 0 aromatic carbocycles. The van der Waals surface area contributed by atoms with Crippen LogP contribution in [0.4, 0.5) is 0 Å². The molecule has 6 heteroatoms. The predicted molar refractivity (Wildman–Crippen MR) is 50.8 cm³/mol. The number of nitrogens with zero attached hydrogens (tertiary/aromatic N) is 3. The largest absolute Gasteiger partial charge is 0.342 e. The molecule has 0 amide bonds. The van der Waals surface area contributed by atoms with Crippen molar-refractivity contribution in [3.8, 4) is 0 Å². The minimum atomic E-state index is 0.271. The van der Waals surface area contributed by atoms with E-state index in [4.69, 9.17) is 23.2 Å². The zero-order valence-corrected chi connectivity index (χ0v) is 8.10. The second-order valence-corrected chi connectivity index (χ2v) is 2.99. The maximum atomic E-state index is 5.71. The molecule has 0 aliphatic heterocycles. The minimum absolute atomic E-state index is 0.271. The molecule has 0 radical (unpaired) electrons. The van der Waals surface area contributed by atoms with E-state index in [1.165, 1.54) is 0 Å². The number of aromatic amines is 1. The van der Waals surface area contributed by atoms with Crippen LogP contribution in [0.3, 0.4) is 0 Å². The number of rotatable bonds is 2. The van der Waals surface area contributed by atoms with Gasteiger partial charge in [0.05, 0.1) is 23.8 Å². The van der Waals surface area contributed by atoms with Gasteiger partial charge in [-0.1, -0.05) is 0 Å². The summed E-state index contributed by atoms with van der Waals surface area (Å²) in [5, 5.41) is 0. The van der Waals surface area contributed by atoms with Crippen LogP contribution in [0.15, 0.2) is 6.33 Å². The Morgan fingerprint density at radius 1 is 1.23 bits per heavy atom. The summed E-state index contributed by atoms with van der Waals surface area (Å²) in [5.41, 5.74) is 2.13. The molecular weight excluding hydrogens is 211 g/mol. The van der Waals surface area contributed by atoms with Gasteiger partial charge in [-0.25, -0.2) is 15.0 Å². The van der Waals surface area contributed by atoms with E-state index >= 15 is 0 Å². The van der Waals surface area contributed by atoms with Crippen LogP contribution in [-0.4, -0.2) is 19.9 Å². The molecule has 0 saturated carbocycles. The summed E-state index contributed by atoms with van der Waals surface area (Å²) >= 11 is 11.3. The lowest BCUT2D eigenvalue weighted by atomic mass is 10.4. The van der Waals surface area contributed by atoms with Crippen LogP contribution >= 0.6 is 23.2 Å². The highest BCUT2D eigenvalue weighted by atomic mass is 35.5. The topological polar surface area (TPSA) is 54.5 Å². The molecule has 0 aliphatic rings. The van der Waals surface area contributed by atoms with Crippen molar-refractivity contribution in [1.29, 1.82) is 0 Å². The summed E-state index contributed by atoms with van der Waals surface area (Å²) in [7, 11) is 0. The van der Waals surface area contributed by atoms with Crippen LogP contribution < -0.4 is 0 Å². The van der Waals surface area contributed by atoms with E-state index in [0.29, 0.717) is 17.4 Å². The van der Waals surface area contributed by atoms with Crippen LogP contribution in [0.5, 0.6) is 0 Å². The van der Waals surface area contributed by atoms with Gasteiger partial charge >= 0.3 is 0 Å². The number of halogens is 2. The molecular formula is C7H6Cl2N4. The Morgan fingerprint density at radius 2 is 2.08 bits per heavy atom. The first kappa shape index (κ1) is 8.72. The fourth-order valence-electron chi connectivity index (χ4n) is 1.10. The Kier molecular flexibility index (Phi) is 2.33. The van der Waals surface area contributed by atoms with E-state index in [9.17, 15) is 0 Å². The molecule has 0 aliphatic carbocycles. The van der Waals surface area contributed by atoms with Gasteiger partial charge in [0.25, 0.3) is 0 Å². The Balaban J connectivity index is 2.70. The summed E-state index contributed by atoms with van der Waals surface area (Å²) < 4.78 is 0. The fraction of sp³-hybridized carbons (Fsp3) is 0.286. The van der Waals surface area contributed by atoms with Gasteiger partial charge in [0.2, 0.25) is 0 Å². The van der Waals surface area contributed by atoms with Crippen LogP contribution in [-0.2, 0) is 11.8 Å². The van der Waals surface area contributed by atoms with Gasteiger partial charge in [-0.2, -0.15) is 0 Å². The van der Waals surface area contributed by atoms with Gasteiger partial charge in [0.15, 0.2) is 5.65 Å². The summed E-state index contributed by atoms with van der Waals surface area (Å²) in [6.07, 6.45) is 1.56. The summed E-state index contributed by atoms with van der Waals surface area (Å²) in [4.78, 5) is 15.2. The number of alkyl halides is 2. The second kappa shape index (κ2) is 3.47. The zero-order chi connectivity index (χ0) is 9.26. The maximum absolute atomic E-state index is 5.71. The van der Waals surface area contributed by atoms with Crippen molar-refractivity contribution in [3.63, 3.8) is 0 Å². The SMILES string of the molecule is ClCc1nc(CCl)c2[nH]cnc2n1. The summed E-state index contributed by atoms with van der Waals surface area (Å²) in [6.45, 7) is 0. The van der Waals surface area contributed by atoms with Gasteiger partial charge in [0, 0.05) is 0 Å². The number of H-pyrrole nitrogens is 1. The molecule has 0 fully saturated rings. The number of nitrogens with one attached hydrogen (secondary N) is 1. The van der Waals surface area contributed by atoms with Crippen molar-refractivity contribution < 1.29 is 0 Å². The molecule has 1 N–H and O–H groups in total. The third kappa shape index (κ3) is 1.47. The van der Waals surface area contributed by atoms with Crippen LogP contribution in [0.25, 0.3) is 11.2 Å². The predicted octanol–water partition coefficient (Wildman–Crippen LogP) is 1.83. The summed E-state index contributed by atoms with van der Waals surface area (Å²) in [5.74, 6) is 1.15. The highest BCUT2D eigenvalue weighted by Crippen LogP contribution is 2.13. The van der Waals surface area contributed by atoms with Crippen LogP contribution in [0.2, 0.25) is 0 Å². The number of imidazole rings is 1. The standard InChI is InChI=1S/C7H6Cl2N4/c8-1-4-6-7(11-3-10-6)13-5(2-9)12-4/h3H,1-2H2,(H,10,11,12,13). The Bertz CT molecular complexity index is 425. The van der Waals surface area contributed by atoms with Crippen molar-refractivity contribution >= 4 is 34.4 Å². The molecule has 0 saturated heterocycles. The van der Waals surface area contributed by atoms with Crippen LogP contribution in [0.1, 0.15) is 11.5 Å². The van der Waals surface area contributed by atoms with E-state index in [1.54, 1.807) is 6.33 Å². The van der Waals surface area contributed by atoms with Crippen molar-refractivity contribution in [2.24, 2.45) is 0 Å². The highest BCUT2D eigenvalue weighted by molar-refractivity contribution is 6.18. The highest BCUT2D eigenvalue weighted by Gasteiger charge is 2.07. The Labute approximate surface area is 84.3 Å². The first-order chi connectivity index (χ1) is 6.35. The van der Waals surface area contributed by atoms with E-state index in [2.05, 4.69) is 19.9 Å². The fourth-order valence-corrected chi connectivity index (χ4v) is 1.41. The minimum Gasteiger partial charge on any atom is -0.342 e. The maximum Gasteiger partial charge on any atom is 0.181 e. The molecule has 68 valence electrons. The lowest BCUT2D eigenvalue weighted by Gasteiger charge is -1.98. The molecule has 13 heavy (non-hydrogen) atoms. The second-order valence-electron chi connectivity index (χ2n) is 2.45. The third-order valence-corrected chi connectivity index (χ3v) is 2.15. The molecule has 4 nitrogen and oxygen atoms in total. The molecule has 0 unspecified atom stereocenters. The van der Waals surface area contributed by atoms with E-state index in [1.807, 2.05) is 0 Å². The third-order valence-electron chi connectivity index (χ3n) is 1.65. The van der Waals surface area contributed by atoms with Gasteiger partial charge in [0.1, 0.15) is 11.3 Å². The smallest absolute Gasteiger partial charge is 0.181 e. The first-order valence-electron chi connectivity index (χ1n) is 3.66. The average Bonchev–Trinajstić information content (AvgIpc) is 2.63. The monoisotopic (exact) mass is 216 g/mol. The average molecular weight is 217 g/mol. The Morgan fingerprint density at radius 3 is 2.77 bits per heavy atom. The van der Waals surface area contributed by atoms with Crippen molar-refractivity contribution in [2.45, 2.75) is 11.8 Å². The molecule has 2 aromatic rings. The van der Waals surface area contributed by atoms with E-state index in [-0.39, 0.29) is 5.88 Å². The molecule has 2 heterocycles. The molecule has 2 rings (SSSR count). The molecule has 0 atom stereocenters. The van der Waals surface area contributed by atoms with Gasteiger partial charge in [-0.15, -0.1) is 23.2 Å². The van der Waals surface area contributed by atoms with Gasteiger partial charge < -0.3 is 4.98 Å². The number of fused-ring (bicyclic) bond motifs is 1. The van der Waals surface area contributed by atoms with E-state index in [0.717, 1.165) is 11.2 Å². The number of hydrogen-bond acceptors (Lipinski definition) is 3. The van der Waals surface area contributed by atoms with Gasteiger partial charge in [-0.05, 0) is 0 Å². The van der Waals surface area contributed by atoms with E-state index < -0.39 is 0 Å². The van der Waals surface area contributed by atoms with Crippen molar-refractivity contribution in [1.82, 2.24) is 19.9 Å². The zero-order valence-electron chi connectivity index (χ0n) is 6.59. The lowest BCUT2D eigenvalue weighted by Crippen LogP contribution is -1.97. The molecule has 0 spiro atoms. The quantitative estimate of drug-likeness (QED) is 0.780. The number of aromatic nitrogens is 4. The van der Waals surface area contributed by atoms with Crippen LogP contribution in [0, 0.1) is 0 Å². The molecule has 2 aromatic heterocycles. The normalized spacial score (nSPS) is 10.9. The lowest BCUT2D eigenvalue weighted by molar-refractivity contribution is 1.01. The van der Waals surface area contributed by atoms with Gasteiger partial charge in [-0.3, -0.25) is 0 Å². The summed E-state index contributed by atoms with van der Waals surface area (Å²) in [6, 6.07) is 0. The molecule has 0 bridgehead atoms. The first-order valence-corrected chi connectivity index (χ1v) is 4.73. The van der Waals surface area contributed by atoms with Crippen molar-refractivity contribution in [3.05, 3.63) is 17.8 Å². The Hall–Kier alpha value is -0.870. The number of hydrogen-bond donors (Lipinski definition) is 1. The van der Waals surface area contributed by atoms with Crippen molar-refractivity contribution in [2.75, 3.05) is 0 Å².